The van der Waals surface area contributed by atoms with E-state index in [4.69, 9.17) is 0 Å². The summed E-state index contributed by atoms with van der Waals surface area (Å²) >= 11 is 0. The number of nitrogens with zero attached hydrogens (tertiary/aromatic N) is 2. The minimum absolute atomic E-state index is 1.02. The maximum atomic E-state index is 4.58. The van der Waals surface area contributed by atoms with Gasteiger partial charge in [0.1, 0.15) is 0 Å². The van der Waals surface area contributed by atoms with Crippen LogP contribution >= 0.6 is 0 Å². The molecule has 0 aliphatic rings. The second kappa shape index (κ2) is 11.6. The molecule has 6 aromatic carbocycles. The molecule has 8 rings (SSSR count). The number of hydrogen-bond acceptors (Lipinski definition) is 2. The third kappa shape index (κ3) is 5.04. The molecule has 0 saturated heterocycles. The van der Waals surface area contributed by atoms with Crippen LogP contribution in [-0.4, -0.2) is 9.97 Å². The van der Waals surface area contributed by atoms with Crippen molar-refractivity contribution in [2.24, 2.45) is 0 Å². The van der Waals surface area contributed by atoms with Gasteiger partial charge in [0.2, 0.25) is 0 Å². The molecule has 8 aromatic rings. The molecule has 0 aliphatic carbocycles. The molecule has 0 bridgehead atoms. The number of hydrogen-bond donors (Lipinski definition) is 0. The van der Waals surface area contributed by atoms with Gasteiger partial charge >= 0.3 is 0 Å². The topological polar surface area (TPSA) is 25.8 Å². The highest BCUT2D eigenvalue weighted by atomic mass is 14.7. The largest absolute Gasteiger partial charge is 0.261 e. The van der Waals surface area contributed by atoms with E-state index in [2.05, 4.69) is 156 Å². The molecule has 0 amide bonds. The molecule has 2 aromatic heterocycles. The van der Waals surface area contributed by atoms with Crippen LogP contribution in [0.2, 0.25) is 0 Å². The van der Waals surface area contributed by atoms with E-state index in [1.165, 1.54) is 54.9 Å². The third-order valence-corrected chi connectivity index (χ3v) is 8.92. The zero-order valence-corrected chi connectivity index (χ0v) is 25.9. The fourth-order valence-corrected chi connectivity index (χ4v) is 6.60. The molecular weight excluding hydrogens is 556 g/mol. The molecule has 0 atom stereocenters. The van der Waals surface area contributed by atoms with Crippen LogP contribution in [0.3, 0.4) is 0 Å². The third-order valence-electron chi connectivity index (χ3n) is 8.92. The van der Waals surface area contributed by atoms with Gasteiger partial charge in [-0.05, 0) is 110 Å². The van der Waals surface area contributed by atoms with Gasteiger partial charge in [-0.2, -0.15) is 0 Å². The number of benzene rings is 6. The van der Waals surface area contributed by atoms with E-state index in [0.717, 1.165) is 33.6 Å². The van der Waals surface area contributed by atoms with E-state index in [-0.39, 0.29) is 0 Å². The summed E-state index contributed by atoms with van der Waals surface area (Å²) in [6.07, 6.45) is 3.94. The van der Waals surface area contributed by atoms with E-state index in [1.54, 1.807) is 0 Å². The Hall–Kier alpha value is -5.86. The first-order chi connectivity index (χ1) is 22.6. The van der Waals surface area contributed by atoms with Crippen LogP contribution < -0.4 is 0 Å². The zero-order valence-electron chi connectivity index (χ0n) is 25.9. The summed E-state index contributed by atoms with van der Waals surface area (Å²) in [5, 5.41) is 4.93. The van der Waals surface area contributed by atoms with Crippen molar-refractivity contribution in [3.05, 3.63) is 169 Å². The number of rotatable bonds is 5. The summed E-state index contributed by atoms with van der Waals surface area (Å²) in [6, 6.07) is 52.7. The highest BCUT2D eigenvalue weighted by Crippen LogP contribution is 2.45. The van der Waals surface area contributed by atoms with E-state index in [9.17, 15) is 0 Å². The molecule has 2 nitrogen and oxygen atoms in total. The van der Waals surface area contributed by atoms with Gasteiger partial charge in [-0.25, -0.2) is 0 Å². The minimum Gasteiger partial charge on any atom is -0.261 e. The predicted molar refractivity (Wildman–Crippen MR) is 194 cm³/mol. The Balaban J connectivity index is 1.43. The Labute approximate surface area is 269 Å². The van der Waals surface area contributed by atoms with Crippen LogP contribution in [0.5, 0.6) is 0 Å². The predicted octanol–water partition coefficient (Wildman–Crippen LogP) is 11.7. The van der Waals surface area contributed by atoms with Gasteiger partial charge in [-0.1, -0.05) is 115 Å². The Kier molecular flexibility index (Phi) is 6.96. The fourth-order valence-electron chi connectivity index (χ4n) is 6.60. The second-order valence-corrected chi connectivity index (χ2v) is 12.0. The fraction of sp³-hybridized carbons (Fsp3) is 0.0455. The van der Waals surface area contributed by atoms with Crippen LogP contribution in [0.15, 0.2) is 158 Å². The summed E-state index contributed by atoms with van der Waals surface area (Å²) in [5.41, 5.74) is 13.9. The average Bonchev–Trinajstić information content (AvgIpc) is 3.11. The Morgan fingerprint density at radius 2 is 0.739 bits per heavy atom. The lowest BCUT2D eigenvalue weighted by Crippen LogP contribution is -1.93. The first-order valence-corrected chi connectivity index (χ1v) is 15.7. The van der Waals surface area contributed by atoms with Crippen LogP contribution in [0.4, 0.5) is 0 Å². The van der Waals surface area contributed by atoms with Gasteiger partial charge in [-0.3, -0.25) is 9.97 Å². The van der Waals surface area contributed by atoms with Gasteiger partial charge < -0.3 is 0 Å². The molecule has 0 aliphatic heterocycles. The molecule has 46 heavy (non-hydrogen) atoms. The van der Waals surface area contributed by atoms with Crippen LogP contribution in [-0.2, 0) is 0 Å². The van der Waals surface area contributed by atoms with Crippen LogP contribution in [0, 0.1) is 13.8 Å². The van der Waals surface area contributed by atoms with Gasteiger partial charge in [-0.15, -0.1) is 0 Å². The summed E-state index contributed by atoms with van der Waals surface area (Å²) in [4.78, 5) is 9.15. The number of fused-ring (bicyclic) bond motifs is 2. The minimum atomic E-state index is 1.02. The van der Waals surface area contributed by atoms with E-state index >= 15 is 0 Å². The van der Waals surface area contributed by atoms with E-state index in [0.29, 0.717) is 0 Å². The molecule has 0 radical (unpaired) electrons. The van der Waals surface area contributed by atoms with Gasteiger partial charge in [0, 0.05) is 34.9 Å². The molecule has 0 unspecified atom stereocenters. The molecule has 0 N–H and O–H groups in total. The molecule has 0 fully saturated rings. The van der Waals surface area contributed by atoms with Crippen molar-refractivity contribution < 1.29 is 0 Å². The van der Waals surface area contributed by atoms with Crippen LogP contribution in [0.1, 0.15) is 11.4 Å². The maximum Gasteiger partial charge on any atom is 0.0373 e. The Morgan fingerprint density at radius 3 is 1.28 bits per heavy atom. The maximum absolute atomic E-state index is 4.58. The van der Waals surface area contributed by atoms with Crippen LogP contribution in [0.25, 0.3) is 77.2 Å². The number of pyridine rings is 2. The second-order valence-electron chi connectivity index (χ2n) is 12.0. The zero-order chi connectivity index (χ0) is 31.0. The average molecular weight is 589 g/mol. The lowest BCUT2D eigenvalue weighted by Gasteiger charge is -2.19. The normalized spacial score (nSPS) is 11.3. The van der Waals surface area contributed by atoms with Gasteiger partial charge in [0.05, 0.1) is 0 Å². The molecule has 2 heteroatoms. The Morgan fingerprint density at radius 1 is 0.304 bits per heavy atom. The summed E-state index contributed by atoms with van der Waals surface area (Å²) < 4.78 is 0. The van der Waals surface area contributed by atoms with Crippen molar-refractivity contribution in [2.45, 2.75) is 13.8 Å². The molecule has 218 valence electrons. The lowest BCUT2D eigenvalue weighted by atomic mass is 9.84. The van der Waals surface area contributed by atoms with Crippen molar-refractivity contribution in [1.82, 2.24) is 9.97 Å². The van der Waals surface area contributed by atoms with Crippen molar-refractivity contribution in [3.63, 3.8) is 0 Å². The number of aromatic nitrogens is 2. The molecule has 0 spiro atoms. The van der Waals surface area contributed by atoms with E-state index < -0.39 is 0 Å². The van der Waals surface area contributed by atoms with Gasteiger partial charge in [0.15, 0.2) is 0 Å². The quantitative estimate of drug-likeness (QED) is 0.187. The van der Waals surface area contributed by atoms with Crippen molar-refractivity contribution in [2.75, 3.05) is 0 Å². The van der Waals surface area contributed by atoms with Crippen molar-refractivity contribution >= 4 is 21.5 Å². The molecule has 2 heterocycles. The highest BCUT2D eigenvalue weighted by molar-refractivity contribution is 6.22. The molecule has 0 saturated carbocycles. The van der Waals surface area contributed by atoms with Crippen molar-refractivity contribution in [1.29, 1.82) is 0 Å². The monoisotopic (exact) mass is 588 g/mol. The molecular formula is C44H32N2. The number of aryl methyl sites for hydroxylation is 2. The lowest BCUT2D eigenvalue weighted by molar-refractivity contribution is 1.20. The SMILES string of the molecule is Cc1ccc(-c2cccc(-c3c4ccccc4c(-c4cccc(-c5ccc(C)nc5)c4)c4cc(-c5ccccc5)ccc34)c2)cn1. The van der Waals surface area contributed by atoms with E-state index in [1.807, 2.05) is 26.2 Å². The van der Waals surface area contributed by atoms with Crippen molar-refractivity contribution in [3.8, 4) is 55.6 Å². The summed E-state index contributed by atoms with van der Waals surface area (Å²) in [7, 11) is 0. The highest BCUT2D eigenvalue weighted by Gasteiger charge is 2.18. The smallest absolute Gasteiger partial charge is 0.0373 e. The van der Waals surface area contributed by atoms with Gasteiger partial charge in [0.25, 0.3) is 0 Å². The standard InChI is InChI=1S/C44H32N2/c1-29-18-20-37(27-45-29)32-12-8-14-35(24-32)43-39-16-6-7-17-40(39)44(36-15-9-13-33(25-36)38-21-19-30(2)46-28-38)42-26-34(22-23-41(42)43)31-10-4-3-5-11-31/h3-28H,1-2H3. The first kappa shape index (κ1) is 27.7. The summed E-state index contributed by atoms with van der Waals surface area (Å²) in [6.45, 7) is 4.05. The first-order valence-electron chi connectivity index (χ1n) is 15.7. The Bertz CT molecular complexity index is 2350. The summed E-state index contributed by atoms with van der Waals surface area (Å²) in [5.74, 6) is 0.